The Bertz CT molecular complexity index is 3360. The fourth-order valence-electron chi connectivity index (χ4n) is 11.1. The molecule has 11 rings (SSSR count). The minimum absolute atomic E-state index is 0.0263. The normalized spacial score (nSPS) is 15.3. The van der Waals surface area contributed by atoms with Crippen LogP contribution in [0.5, 0.6) is 0 Å². The first-order chi connectivity index (χ1) is 29.4. The third-order valence-corrected chi connectivity index (χ3v) is 13.9. The summed E-state index contributed by atoms with van der Waals surface area (Å²) >= 11 is 0. The van der Waals surface area contributed by atoms with Crippen molar-refractivity contribution in [1.82, 2.24) is 9.13 Å². The molecular weight excluding hydrogens is 739 g/mol. The molecule has 0 radical (unpaired) electrons. The number of allylic oxidation sites excluding steroid dienone is 6. The fourth-order valence-corrected chi connectivity index (χ4v) is 11.1. The molecule has 1 atom stereocenters. The number of para-hydroxylation sites is 2. The lowest BCUT2D eigenvalue weighted by molar-refractivity contribution is 0.595. The van der Waals surface area contributed by atoms with Crippen LogP contribution >= 0.6 is 0 Å². The van der Waals surface area contributed by atoms with Crippen molar-refractivity contribution in [2.24, 2.45) is 5.92 Å². The monoisotopic (exact) mass is 786 g/mol. The lowest BCUT2D eigenvalue weighted by atomic mass is 9.71. The van der Waals surface area contributed by atoms with Crippen LogP contribution in [0.1, 0.15) is 68.7 Å². The molecule has 296 valence electrons. The summed E-state index contributed by atoms with van der Waals surface area (Å²) in [4.78, 5) is 0. The van der Waals surface area contributed by atoms with Crippen molar-refractivity contribution in [1.29, 1.82) is 0 Å². The molecule has 0 spiro atoms. The van der Waals surface area contributed by atoms with E-state index in [2.05, 4.69) is 134 Å². The molecule has 0 aliphatic heterocycles. The van der Waals surface area contributed by atoms with E-state index in [4.69, 9.17) is 0 Å². The molecule has 2 heterocycles. The van der Waals surface area contributed by atoms with Gasteiger partial charge in [-0.1, -0.05) is 124 Å². The number of aryl methyl sites for hydroxylation is 3. The predicted molar refractivity (Wildman–Crippen MR) is 251 cm³/mol. The fraction of sp³-hybridized carbons (Fsp3) is 0.214. The molecule has 60 heavy (non-hydrogen) atoms. The highest BCUT2D eigenvalue weighted by Crippen LogP contribution is 2.54. The topological polar surface area (TPSA) is 9.86 Å². The maximum atomic E-state index is 15.9. The van der Waals surface area contributed by atoms with Crippen molar-refractivity contribution in [3.05, 3.63) is 167 Å². The van der Waals surface area contributed by atoms with E-state index in [0.29, 0.717) is 11.8 Å². The second-order valence-corrected chi connectivity index (χ2v) is 17.1. The lowest BCUT2D eigenvalue weighted by Gasteiger charge is -2.33. The van der Waals surface area contributed by atoms with E-state index in [1.807, 2.05) is 18.2 Å². The van der Waals surface area contributed by atoms with Gasteiger partial charge in [-0.2, -0.15) is 0 Å². The Morgan fingerprint density at radius 2 is 1.15 bits per heavy atom. The lowest BCUT2D eigenvalue weighted by Crippen LogP contribution is -2.20. The van der Waals surface area contributed by atoms with E-state index in [1.54, 1.807) is 12.1 Å². The van der Waals surface area contributed by atoms with Gasteiger partial charge in [-0.3, -0.25) is 0 Å². The highest BCUT2D eigenvalue weighted by Gasteiger charge is 2.35. The zero-order chi connectivity index (χ0) is 40.8. The van der Waals surface area contributed by atoms with Gasteiger partial charge < -0.3 is 9.13 Å². The second-order valence-electron chi connectivity index (χ2n) is 17.1. The summed E-state index contributed by atoms with van der Waals surface area (Å²) in [6.45, 7) is 10.6. The molecule has 0 saturated heterocycles. The van der Waals surface area contributed by atoms with Crippen LogP contribution in [0.25, 0.3) is 87.4 Å². The Labute approximate surface area is 349 Å². The molecule has 2 nitrogen and oxygen atoms in total. The average Bonchev–Trinajstić information content (AvgIpc) is 3.77. The molecule has 4 heteroatoms. The highest BCUT2D eigenvalue weighted by atomic mass is 19.1. The Morgan fingerprint density at radius 1 is 0.583 bits per heavy atom. The van der Waals surface area contributed by atoms with Crippen molar-refractivity contribution in [2.75, 3.05) is 0 Å². The number of aromatic nitrogens is 2. The number of nitrogens with zero attached hydrogens (tertiary/aromatic N) is 2. The number of rotatable bonds is 8. The van der Waals surface area contributed by atoms with E-state index in [9.17, 15) is 0 Å². The van der Waals surface area contributed by atoms with Crippen LogP contribution in [-0.4, -0.2) is 9.13 Å². The SMILES string of the molecule is CCCCn1c2ccccc2c2c(-c3cccc4c(C)c5cccc(F)c5cc34)c3c(c(C4=CC=CC5=C(C)c6cccc(F)c6CC45)c21)c1ccccc1n3CCCC. The zero-order valence-electron chi connectivity index (χ0n) is 34.8. The van der Waals surface area contributed by atoms with Crippen LogP contribution in [0.3, 0.4) is 0 Å². The summed E-state index contributed by atoms with van der Waals surface area (Å²) in [7, 11) is 0. The van der Waals surface area contributed by atoms with Crippen LogP contribution < -0.4 is 0 Å². The Morgan fingerprint density at radius 3 is 1.85 bits per heavy atom. The number of unbranched alkanes of at least 4 members (excludes halogenated alkanes) is 2. The maximum absolute atomic E-state index is 15.9. The number of fused-ring (bicyclic) bond motifs is 10. The van der Waals surface area contributed by atoms with Gasteiger partial charge in [-0.15, -0.1) is 0 Å². The summed E-state index contributed by atoms with van der Waals surface area (Å²) in [6.07, 6.45) is 11.6. The molecule has 9 aromatic rings. The van der Waals surface area contributed by atoms with Gasteiger partial charge in [0, 0.05) is 68.1 Å². The molecule has 2 aromatic heterocycles. The molecule has 1 unspecified atom stereocenters. The molecule has 2 aliphatic rings. The van der Waals surface area contributed by atoms with Gasteiger partial charge in [-0.25, -0.2) is 8.78 Å². The first kappa shape index (κ1) is 36.8. The van der Waals surface area contributed by atoms with Crippen LogP contribution in [-0.2, 0) is 19.5 Å². The minimum atomic E-state index is -0.201. The Kier molecular flexibility index (Phi) is 8.70. The first-order valence-electron chi connectivity index (χ1n) is 21.9. The zero-order valence-corrected chi connectivity index (χ0v) is 34.8. The quantitative estimate of drug-likeness (QED) is 0.136. The number of halogens is 2. The Balaban J connectivity index is 1.39. The van der Waals surface area contributed by atoms with Gasteiger partial charge in [0.1, 0.15) is 11.6 Å². The molecule has 0 bridgehead atoms. The largest absolute Gasteiger partial charge is 0.340 e. The van der Waals surface area contributed by atoms with E-state index < -0.39 is 0 Å². The average molecular weight is 787 g/mol. The molecule has 7 aromatic carbocycles. The molecule has 2 aliphatic carbocycles. The first-order valence-corrected chi connectivity index (χ1v) is 21.9. The number of hydrogen-bond acceptors (Lipinski definition) is 0. The van der Waals surface area contributed by atoms with E-state index in [1.165, 1.54) is 65.9 Å². The third-order valence-electron chi connectivity index (χ3n) is 13.9. The summed E-state index contributed by atoms with van der Waals surface area (Å²) in [5.74, 6) is -0.358. The van der Waals surface area contributed by atoms with Crippen LogP contribution in [0, 0.1) is 24.5 Å². The molecule has 0 saturated carbocycles. The maximum Gasteiger partial charge on any atom is 0.131 e. The number of hydrogen-bond donors (Lipinski definition) is 0. The van der Waals surface area contributed by atoms with E-state index in [-0.39, 0.29) is 17.6 Å². The van der Waals surface area contributed by atoms with E-state index >= 15 is 8.78 Å². The van der Waals surface area contributed by atoms with Crippen LogP contribution in [0.15, 0.2) is 133 Å². The molecular formula is C56H48F2N2. The van der Waals surface area contributed by atoms with Gasteiger partial charge in [0.25, 0.3) is 0 Å². The summed E-state index contributed by atoms with van der Waals surface area (Å²) in [6, 6.07) is 37.7. The van der Waals surface area contributed by atoms with E-state index in [0.717, 1.165) is 82.8 Å². The van der Waals surface area contributed by atoms with Crippen molar-refractivity contribution in [3.8, 4) is 11.1 Å². The van der Waals surface area contributed by atoms with Gasteiger partial charge in [0.2, 0.25) is 0 Å². The van der Waals surface area contributed by atoms with Crippen molar-refractivity contribution >= 4 is 76.3 Å². The number of benzene rings is 7. The molecule has 0 fully saturated rings. The minimum Gasteiger partial charge on any atom is -0.340 e. The summed E-state index contributed by atoms with van der Waals surface area (Å²) in [5, 5.41) is 8.69. The molecule has 0 amide bonds. The van der Waals surface area contributed by atoms with Crippen molar-refractivity contribution in [2.45, 2.75) is 72.9 Å². The second kappa shape index (κ2) is 14.2. The van der Waals surface area contributed by atoms with Gasteiger partial charge in [-0.05, 0) is 119 Å². The Hall–Kier alpha value is -6.26. The van der Waals surface area contributed by atoms with Crippen LogP contribution in [0.4, 0.5) is 8.78 Å². The van der Waals surface area contributed by atoms with Crippen LogP contribution in [0.2, 0.25) is 0 Å². The van der Waals surface area contributed by atoms with Crippen molar-refractivity contribution < 1.29 is 8.78 Å². The summed E-state index contributed by atoms with van der Waals surface area (Å²) < 4.78 is 37.0. The van der Waals surface area contributed by atoms with Gasteiger partial charge in [0.15, 0.2) is 0 Å². The molecule has 0 N–H and O–H groups in total. The van der Waals surface area contributed by atoms with Gasteiger partial charge >= 0.3 is 0 Å². The highest BCUT2D eigenvalue weighted by molar-refractivity contribution is 6.32. The van der Waals surface area contributed by atoms with Crippen molar-refractivity contribution in [3.63, 3.8) is 0 Å². The predicted octanol–water partition coefficient (Wildman–Crippen LogP) is 15.7. The van der Waals surface area contributed by atoms with Gasteiger partial charge in [0.05, 0.1) is 11.0 Å². The summed E-state index contributed by atoms with van der Waals surface area (Å²) in [5.41, 5.74) is 15.0. The third kappa shape index (κ3) is 5.22. The smallest absolute Gasteiger partial charge is 0.131 e. The standard InChI is InChI=1S/C56H48F2N2/c1-5-7-29-59-49-27-11-9-17-41(49)53-52(40-24-14-20-36-34(4)38-22-16-26-48(58)46(38)32-44(36)40)56-54(42-18-10-12-28-50(42)60(56)30-8-6-2)51(55(53)59)39-23-13-19-35-33(3)37-21-15-25-47(57)45(37)31-43(35)39/h9-28,31,44H,5-8,29-30,32H2,1-4H3.